The lowest BCUT2D eigenvalue weighted by molar-refractivity contribution is 0.467. The summed E-state index contributed by atoms with van der Waals surface area (Å²) in [6.45, 7) is 6.53. The molecule has 0 spiro atoms. The van der Waals surface area contributed by atoms with Gasteiger partial charge in [-0.2, -0.15) is 0 Å². The third-order valence-electron chi connectivity index (χ3n) is 7.09. The van der Waals surface area contributed by atoms with E-state index >= 15 is 0 Å². The third kappa shape index (κ3) is 6.64. The highest BCUT2D eigenvalue weighted by Crippen LogP contribution is 2.39. The normalized spacial score (nSPS) is 11.3. The molecule has 4 aromatic carbocycles. The van der Waals surface area contributed by atoms with Crippen molar-refractivity contribution in [3.05, 3.63) is 113 Å². The van der Waals surface area contributed by atoms with Gasteiger partial charge in [0, 0.05) is 0 Å². The summed E-state index contributed by atoms with van der Waals surface area (Å²) in [5, 5.41) is 30.7. The smallest absolute Gasteiger partial charge is 0.143 e. The van der Waals surface area contributed by atoms with Crippen LogP contribution in [0.25, 0.3) is 0 Å². The van der Waals surface area contributed by atoms with E-state index in [2.05, 4.69) is 116 Å². The fourth-order valence-corrected chi connectivity index (χ4v) is 8.80. The van der Waals surface area contributed by atoms with E-state index in [9.17, 15) is 15.3 Å². The molecule has 0 radical (unpaired) electrons. The lowest BCUT2D eigenvalue weighted by Crippen LogP contribution is -2.10. The van der Waals surface area contributed by atoms with Crippen molar-refractivity contribution in [1.82, 2.24) is 0 Å². The Bertz CT molecular complexity index is 1330. The molecule has 4 rings (SSSR count). The van der Waals surface area contributed by atoms with Crippen molar-refractivity contribution in [2.24, 2.45) is 0 Å². The molecule has 0 aliphatic heterocycles. The molecule has 0 heterocycles. The largest absolute Gasteiger partial charge is 0.506 e. The van der Waals surface area contributed by atoms with Crippen LogP contribution < -0.4 is 0 Å². The van der Waals surface area contributed by atoms with Crippen LogP contribution in [-0.2, 0) is 19.3 Å². The standard InChI is InChI=1S/C30H24Br6O3/c1-13-19(4-16-7-22(31)28(37)23(32)8-16)14(2)21(6-18-11-26(35)30(39)27(36)12-18)15(3)20(13)5-17-9-24(33)29(38)25(34)10-17/h7-12,37-39H,4-6H2,1-3H3. The summed E-state index contributed by atoms with van der Waals surface area (Å²) in [7, 11) is 0. The lowest BCUT2D eigenvalue weighted by atomic mass is 9.82. The highest BCUT2D eigenvalue weighted by molar-refractivity contribution is 9.11. The van der Waals surface area contributed by atoms with Crippen LogP contribution >= 0.6 is 95.6 Å². The van der Waals surface area contributed by atoms with Crippen LogP contribution in [0, 0.1) is 20.8 Å². The van der Waals surface area contributed by atoms with E-state index in [0.29, 0.717) is 46.1 Å². The van der Waals surface area contributed by atoms with Crippen molar-refractivity contribution in [3.8, 4) is 17.2 Å². The highest BCUT2D eigenvalue weighted by atomic mass is 79.9. The fourth-order valence-electron chi connectivity index (χ4n) is 4.96. The molecule has 0 unspecified atom stereocenters. The van der Waals surface area contributed by atoms with Crippen LogP contribution in [0.1, 0.15) is 50.1 Å². The molecule has 9 heteroatoms. The molecule has 0 atom stereocenters. The van der Waals surface area contributed by atoms with Crippen LogP contribution in [0.15, 0.2) is 63.2 Å². The molecular formula is C30H24Br6O3. The second-order valence-electron chi connectivity index (χ2n) is 9.57. The SMILES string of the molecule is Cc1c(Cc2cc(Br)c(O)c(Br)c2)c(C)c(Cc2cc(Br)c(O)c(Br)c2)c(C)c1Cc1cc(Br)c(O)c(Br)c1. The molecule has 0 aliphatic carbocycles. The van der Waals surface area contributed by atoms with Crippen molar-refractivity contribution in [3.63, 3.8) is 0 Å². The van der Waals surface area contributed by atoms with Crippen LogP contribution in [0.5, 0.6) is 17.2 Å². The zero-order valence-corrected chi connectivity index (χ0v) is 30.7. The third-order valence-corrected chi connectivity index (χ3v) is 10.7. The number of hydrogen-bond acceptors (Lipinski definition) is 3. The Hall–Kier alpha value is -0.840. The highest BCUT2D eigenvalue weighted by Gasteiger charge is 2.20. The van der Waals surface area contributed by atoms with Gasteiger partial charge < -0.3 is 15.3 Å². The number of benzene rings is 4. The summed E-state index contributed by atoms with van der Waals surface area (Å²) in [5.74, 6) is 0.554. The zero-order valence-electron chi connectivity index (χ0n) is 21.2. The second-order valence-corrected chi connectivity index (χ2v) is 14.7. The molecule has 3 N–H and O–H groups in total. The Kier molecular flexibility index (Phi) is 10.0. The molecule has 0 bridgehead atoms. The van der Waals surface area contributed by atoms with E-state index < -0.39 is 0 Å². The first kappa shape index (κ1) is 31.1. The second kappa shape index (κ2) is 12.6. The molecular weight excluding hydrogens is 888 g/mol. The summed E-state index contributed by atoms with van der Waals surface area (Å²) in [5.41, 5.74) is 10.6. The molecule has 4 aromatic rings. The van der Waals surface area contributed by atoms with Gasteiger partial charge in [-0.05, 0) is 222 Å². The summed E-state index contributed by atoms with van der Waals surface area (Å²) in [6, 6.07) is 11.8. The Morgan fingerprint density at radius 1 is 0.410 bits per heavy atom. The van der Waals surface area contributed by atoms with Gasteiger partial charge in [0.2, 0.25) is 0 Å². The maximum Gasteiger partial charge on any atom is 0.143 e. The minimum atomic E-state index is 0.185. The first-order valence-corrected chi connectivity index (χ1v) is 16.6. The van der Waals surface area contributed by atoms with Crippen molar-refractivity contribution in [1.29, 1.82) is 0 Å². The molecule has 0 fully saturated rings. The monoisotopic (exact) mass is 906 g/mol. The van der Waals surface area contributed by atoms with Crippen molar-refractivity contribution in [2.45, 2.75) is 40.0 Å². The molecule has 0 aliphatic rings. The number of phenols is 3. The van der Waals surface area contributed by atoms with E-state index in [1.165, 1.54) is 33.4 Å². The Labute approximate surface area is 278 Å². The lowest BCUT2D eigenvalue weighted by Gasteiger charge is -2.24. The zero-order chi connectivity index (χ0) is 28.8. The predicted molar refractivity (Wildman–Crippen MR) is 180 cm³/mol. The van der Waals surface area contributed by atoms with E-state index in [4.69, 9.17) is 0 Å². The number of phenolic OH excluding ortho intramolecular Hbond substituents is 3. The van der Waals surface area contributed by atoms with Gasteiger partial charge in [0.25, 0.3) is 0 Å². The average Bonchev–Trinajstić information content (AvgIpc) is 2.87. The summed E-state index contributed by atoms with van der Waals surface area (Å²) < 4.78 is 3.87. The van der Waals surface area contributed by atoms with Crippen molar-refractivity contribution >= 4 is 95.6 Å². The molecule has 0 saturated heterocycles. The molecule has 0 saturated carbocycles. The summed E-state index contributed by atoms with van der Waals surface area (Å²) in [4.78, 5) is 0. The van der Waals surface area contributed by atoms with Crippen LogP contribution in [0.3, 0.4) is 0 Å². The summed E-state index contributed by atoms with van der Waals surface area (Å²) >= 11 is 20.9. The van der Waals surface area contributed by atoms with Gasteiger partial charge in [0.1, 0.15) is 17.2 Å². The first-order chi connectivity index (χ1) is 18.3. The van der Waals surface area contributed by atoms with Gasteiger partial charge in [-0.3, -0.25) is 0 Å². The number of rotatable bonds is 6. The van der Waals surface area contributed by atoms with Gasteiger partial charge in [0.15, 0.2) is 0 Å². The maximum absolute atomic E-state index is 10.2. The Balaban J connectivity index is 1.90. The molecule has 39 heavy (non-hydrogen) atoms. The molecule has 0 amide bonds. The van der Waals surface area contributed by atoms with Crippen LogP contribution in [0.2, 0.25) is 0 Å². The van der Waals surface area contributed by atoms with Gasteiger partial charge in [-0.25, -0.2) is 0 Å². The van der Waals surface area contributed by atoms with Crippen LogP contribution in [-0.4, -0.2) is 15.3 Å². The van der Waals surface area contributed by atoms with Gasteiger partial charge in [0.05, 0.1) is 26.8 Å². The van der Waals surface area contributed by atoms with Crippen molar-refractivity contribution in [2.75, 3.05) is 0 Å². The quantitative estimate of drug-likeness (QED) is 0.181. The Morgan fingerprint density at radius 3 is 0.769 bits per heavy atom. The first-order valence-electron chi connectivity index (χ1n) is 11.9. The number of aromatic hydroxyl groups is 3. The van der Waals surface area contributed by atoms with Gasteiger partial charge >= 0.3 is 0 Å². The van der Waals surface area contributed by atoms with E-state index in [1.54, 1.807) is 0 Å². The maximum atomic E-state index is 10.2. The molecule has 0 aromatic heterocycles. The topological polar surface area (TPSA) is 60.7 Å². The minimum Gasteiger partial charge on any atom is -0.506 e. The summed E-state index contributed by atoms with van der Waals surface area (Å²) in [6.07, 6.45) is 2.09. The van der Waals surface area contributed by atoms with Crippen molar-refractivity contribution < 1.29 is 15.3 Å². The number of hydrogen-bond donors (Lipinski definition) is 3. The Morgan fingerprint density at radius 2 is 0.590 bits per heavy atom. The van der Waals surface area contributed by atoms with Crippen LogP contribution in [0.4, 0.5) is 0 Å². The van der Waals surface area contributed by atoms with E-state index in [-0.39, 0.29) is 17.2 Å². The minimum absolute atomic E-state index is 0.185. The van der Waals surface area contributed by atoms with Gasteiger partial charge in [-0.15, -0.1) is 0 Å². The van der Waals surface area contributed by atoms with E-state index in [0.717, 1.165) is 16.7 Å². The van der Waals surface area contributed by atoms with Gasteiger partial charge in [-0.1, -0.05) is 0 Å². The average molecular weight is 912 g/mol. The fraction of sp³-hybridized carbons (Fsp3) is 0.200. The molecule has 3 nitrogen and oxygen atoms in total. The molecule has 204 valence electrons. The number of halogens is 6. The predicted octanol–water partition coefficient (Wildman–Crippen LogP) is 11.1. The van der Waals surface area contributed by atoms with E-state index in [1.807, 2.05) is 36.4 Å².